The maximum Gasteiger partial charge on any atom is 0.180 e. The summed E-state index contributed by atoms with van der Waals surface area (Å²) >= 11 is 0. The van der Waals surface area contributed by atoms with Gasteiger partial charge in [-0.3, -0.25) is 4.90 Å². The molecule has 0 amide bonds. The number of rotatable bonds is 4. The molecule has 0 radical (unpaired) electrons. The van der Waals surface area contributed by atoms with Gasteiger partial charge in [-0.15, -0.1) is 0 Å². The second-order valence-electron chi connectivity index (χ2n) is 4.91. The number of hydrogen-bond donors (Lipinski definition) is 1. The number of aromatic nitrogens is 1. The zero-order valence-corrected chi connectivity index (χ0v) is 11.6. The molecule has 0 bridgehead atoms. The van der Waals surface area contributed by atoms with E-state index in [1.165, 1.54) is 12.0 Å². The van der Waals surface area contributed by atoms with Crippen molar-refractivity contribution >= 4 is 0 Å². The van der Waals surface area contributed by atoms with E-state index in [2.05, 4.69) is 27.3 Å². The van der Waals surface area contributed by atoms with Gasteiger partial charge in [0.1, 0.15) is 12.0 Å². The van der Waals surface area contributed by atoms with Crippen molar-refractivity contribution < 1.29 is 9.15 Å². The van der Waals surface area contributed by atoms with E-state index in [9.17, 15) is 0 Å². The molecule has 3 rings (SSSR count). The summed E-state index contributed by atoms with van der Waals surface area (Å²) in [6.07, 6.45) is 3.19. The molecular formula is C15H19N3O2. The summed E-state index contributed by atoms with van der Waals surface area (Å²) in [7, 11) is 1.72. The maximum atomic E-state index is 5.49. The molecule has 1 unspecified atom stereocenters. The van der Waals surface area contributed by atoms with Crippen LogP contribution in [-0.2, 0) is 6.54 Å². The van der Waals surface area contributed by atoms with Crippen LogP contribution >= 0.6 is 0 Å². The Balaban J connectivity index is 1.84. The number of hydrogen-bond acceptors (Lipinski definition) is 5. The smallest absolute Gasteiger partial charge is 0.180 e. The lowest BCUT2D eigenvalue weighted by Crippen LogP contribution is -2.45. The van der Waals surface area contributed by atoms with Crippen LogP contribution in [-0.4, -0.2) is 36.6 Å². The van der Waals surface area contributed by atoms with E-state index >= 15 is 0 Å². The van der Waals surface area contributed by atoms with Gasteiger partial charge in [-0.2, -0.15) is 0 Å². The van der Waals surface area contributed by atoms with Crippen molar-refractivity contribution in [3.8, 4) is 5.75 Å². The molecule has 0 saturated carbocycles. The van der Waals surface area contributed by atoms with Crippen molar-refractivity contribution in [2.45, 2.75) is 12.6 Å². The Morgan fingerprint density at radius 2 is 2.35 bits per heavy atom. The highest BCUT2D eigenvalue weighted by molar-refractivity contribution is 5.36. The Labute approximate surface area is 118 Å². The van der Waals surface area contributed by atoms with Crippen LogP contribution in [0.1, 0.15) is 17.3 Å². The molecule has 5 heteroatoms. The predicted octanol–water partition coefficient (Wildman–Crippen LogP) is 1.83. The Bertz CT molecular complexity index is 542. The van der Waals surface area contributed by atoms with Gasteiger partial charge in [0.25, 0.3) is 0 Å². The zero-order chi connectivity index (χ0) is 13.8. The van der Waals surface area contributed by atoms with E-state index in [1.54, 1.807) is 13.4 Å². The largest absolute Gasteiger partial charge is 0.496 e. The Morgan fingerprint density at radius 1 is 1.45 bits per heavy atom. The van der Waals surface area contributed by atoms with E-state index in [-0.39, 0.29) is 6.04 Å². The summed E-state index contributed by atoms with van der Waals surface area (Å²) in [6.45, 7) is 3.68. The fraction of sp³-hybridized carbons (Fsp3) is 0.400. The second-order valence-corrected chi connectivity index (χ2v) is 4.91. The Kier molecular flexibility index (Phi) is 3.99. The molecule has 1 fully saturated rings. The van der Waals surface area contributed by atoms with Gasteiger partial charge in [0, 0.05) is 31.7 Å². The number of nitrogens with zero attached hydrogens (tertiary/aromatic N) is 2. The highest BCUT2D eigenvalue weighted by Crippen LogP contribution is 2.30. The van der Waals surface area contributed by atoms with Gasteiger partial charge in [-0.25, -0.2) is 4.98 Å². The number of oxazole rings is 1. The summed E-state index contributed by atoms with van der Waals surface area (Å²) in [5.41, 5.74) is 2.18. The first-order valence-electron chi connectivity index (χ1n) is 6.83. The number of para-hydroxylation sites is 1. The number of nitrogens with one attached hydrogen (secondary N) is 1. The maximum absolute atomic E-state index is 5.49. The first-order chi connectivity index (χ1) is 9.88. The van der Waals surface area contributed by atoms with Crippen molar-refractivity contribution in [1.82, 2.24) is 15.2 Å². The van der Waals surface area contributed by atoms with Crippen LogP contribution in [0.2, 0.25) is 0 Å². The van der Waals surface area contributed by atoms with Crippen LogP contribution in [0, 0.1) is 0 Å². The average molecular weight is 273 g/mol. The number of methoxy groups -OCH3 is 1. The van der Waals surface area contributed by atoms with Crippen molar-refractivity contribution in [1.29, 1.82) is 0 Å². The summed E-state index contributed by atoms with van der Waals surface area (Å²) in [5, 5.41) is 3.45. The summed E-state index contributed by atoms with van der Waals surface area (Å²) < 4.78 is 10.6. The SMILES string of the molecule is COc1ccccc1C1CNCCN1Cc1cocn1. The zero-order valence-electron chi connectivity index (χ0n) is 11.6. The van der Waals surface area contributed by atoms with Crippen molar-refractivity contribution in [2.75, 3.05) is 26.7 Å². The van der Waals surface area contributed by atoms with Crippen LogP contribution in [0.3, 0.4) is 0 Å². The van der Waals surface area contributed by atoms with Gasteiger partial charge in [-0.05, 0) is 6.07 Å². The normalized spacial score (nSPS) is 19.9. The van der Waals surface area contributed by atoms with Gasteiger partial charge in [0.05, 0.1) is 18.8 Å². The first kappa shape index (κ1) is 13.1. The van der Waals surface area contributed by atoms with Gasteiger partial charge in [0.2, 0.25) is 0 Å². The molecule has 0 spiro atoms. The molecular weight excluding hydrogens is 254 g/mol. The molecule has 1 aliphatic rings. The summed E-state index contributed by atoms with van der Waals surface area (Å²) in [5.74, 6) is 0.936. The van der Waals surface area contributed by atoms with Gasteiger partial charge < -0.3 is 14.5 Å². The molecule has 1 N–H and O–H groups in total. The molecule has 0 aliphatic carbocycles. The third kappa shape index (κ3) is 2.69. The molecule has 1 atom stereocenters. The van der Waals surface area contributed by atoms with Crippen molar-refractivity contribution in [3.63, 3.8) is 0 Å². The van der Waals surface area contributed by atoms with Gasteiger partial charge >= 0.3 is 0 Å². The van der Waals surface area contributed by atoms with Crippen LogP contribution in [0.5, 0.6) is 5.75 Å². The summed E-state index contributed by atoms with van der Waals surface area (Å²) in [6, 6.07) is 8.49. The third-order valence-electron chi connectivity index (χ3n) is 3.70. The quantitative estimate of drug-likeness (QED) is 0.921. The number of piperazine rings is 1. The van der Waals surface area contributed by atoms with Crippen LogP contribution < -0.4 is 10.1 Å². The lowest BCUT2D eigenvalue weighted by molar-refractivity contribution is 0.149. The second kappa shape index (κ2) is 6.07. The minimum Gasteiger partial charge on any atom is -0.496 e. The molecule has 5 nitrogen and oxygen atoms in total. The van der Waals surface area contributed by atoms with E-state index in [0.717, 1.165) is 37.6 Å². The van der Waals surface area contributed by atoms with E-state index in [0.29, 0.717) is 0 Å². The van der Waals surface area contributed by atoms with Crippen molar-refractivity contribution in [2.24, 2.45) is 0 Å². The van der Waals surface area contributed by atoms with Crippen molar-refractivity contribution in [3.05, 3.63) is 48.2 Å². The molecule has 1 saturated heterocycles. The molecule has 2 aromatic rings. The van der Waals surface area contributed by atoms with E-state index in [1.807, 2.05) is 12.1 Å². The molecule has 20 heavy (non-hydrogen) atoms. The topological polar surface area (TPSA) is 50.5 Å². The lowest BCUT2D eigenvalue weighted by Gasteiger charge is -2.36. The van der Waals surface area contributed by atoms with Crippen LogP contribution in [0.4, 0.5) is 0 Å². The molecule has 2 heterocycles. The first-order valence-corrected chi connectivity index (χ1v) is 6.83. The van der Waals surface area contributed by atoms with Gasteiger partial charge in [-0.1, -0.05) is 18.2 Å². The fourth-order valence-electron chi connectivity index (χ4n) is 2.71. The average Bonchev–Trinajstić information content (AvgIpc) is 3.01. The predicted molar refractivity (Wildman–Crippen MR) is 75.5 cm³/mol. The molecule has 1 aliphatic heterocycles. The molecule has 1 aromatic heterocycles. The molecule has 106 valence electrons. The van der Waals surface area contributed by atoms with Crippen LogP contribution in [0.15, 0.2) is 41.3 Å². The Hall–Kier alpha value is -1.85. The minimum absolute atomic E-state index is 0.289. The Morgan fingerprint density at radius 3 is 3.15 bits per heavy atom. The van der Waals surface area contributed by atoms with E-state index < -0.39 is 0 Å². The third-order valence-corrected chi connectivity index (χ3v) is 3.70. The van der Waals surface area contributed by atoms with Gasteiger partial charge in [0.15, 0.2) is 6.39 Å². The van der Waals surface area contributed by atoms with Crippen LogP contribution in [0.25, 0.3) is 0 Å². The summed E-state index contributed by atoms with van der Waals surface area (Å²) in [4.78, 5) is 6.63. The highest BCUT2D eigenvalue weighted by atomic mass is 16.5. The monoisotopic (exact) mass is 273 g/mol. The molecule has 1 aromatic carbocycles. The number of benzene rings is 1. The lowest BCUT2D eigenvalue weighted by atomic mass is 10.0. The highest BCUT2D eigenvalue weighted by Gasteiger charge is 2.26. The van der Waals surface area contributed by atoms with E-state index in [4.69, 9.17) is 9.15 Å². The minimum atomic E-state index is 0.289. The number of ether oxygens (including phenoxy) is 1. The standard InChI is InChI=1S/C15H19N3O2/c1-19-15-5-3-2-4-13(15)14-8-16-6-7-18(14)9-12-10-20-11-17-12/h2-5,10-11,14,16H,6-9H2,1H3. The fourth-order valence-corrected chi connectivity index (χ4v) is 2.71.